The molecule has 72 valence electrons. The Morgan fingerprint density at radius 1 is 1.50 bits per heavy atom. The maximum absolute atomic E-state index is 5.78. The summed E-state index contributed by atoms with van der Waals surface area (Å²) >= 11 is 1.59. The molecule has 0 saturated heterocycles. The third kappa shape index (κ3) is 1.62. The standard InChI is InChI=1S/C10H11N3S/c1-2-7-13(11)10-12-8-5-3-4-6-9(8)14-10/h2-6H,1,7,11H2. The molecule has 4 heteroatoms. The van der Waals surface area contributed by atoms with Crippen LogP contribution in [0, 0.1) is 0 Å². The second-order valence-corrected chi connectivity index (χ2v) is 3.91. The summed E-state index contributed by atoms with van der Waals surface area (Å²) in [4.78, 5) is 4.40. The molecule has 2 rings (SSSR count). The lowest BCUT2D eigenvalue weighted by molar-refractivity contribution is 0.934. The first-order chi connectivity index (χ1) is 6.81. The van der Waals surface area contributed by atoms with Gasteiger partial charge in [0.2, 0.25) is 5.13 Å². The zero-order chi connectivity index (χ0) is 9.97. The first kappa shape index (κ1) is 9.18. The SMILES string of the molecule is C=CCN(N)c1nc2ccccc2s1. The predicted octanol–water partition coefficient (Wildman–Crippen LogP) is 2.16. The third-order valence-corrected chi connectivity index (χ3v) is 2.93. The number of thiazole rings is 1. The van der Waals surface area contributed by atoms with E-state index in [1.54, 1.807) is 22.4 Å². The van der Waals surface area contributed by atoms with Crippen LogP contribution in [0.5, 0.6) is 0 Å². The van der Waals surface area contributed by atoms with Gasteiger partial charge in [0.15, 0.2) is 0 Å². The molecule has 0 saturated carbocycles. The lowest BCUT2D eigenvalue weighted by atomic mass is 10.3. The minimum atomic E-state index is 0.611. The highest BCUT2D eigenvalue weighted by Gasteiger charge is 2.06. The molecular formula is C10H11N3S. The van der Waals surface area contributed by atoms with Crippen LogP contribution in [0.4, 0.5) is 5.13 Å². The van der Waals surface area contributed by atoms with Gasteiger partial charge in [-0.3, -0.25) is 5.01 Å². The van der Waals surface area contributed by atoms with E-state index in [1.165, 1.54) is 0 Å². The zero-order valence-corrected chi connectivity index (χ0v) is 8.50. The lowest BCUT2D eigenvalue weighted by Gasteiger charge is -2.10. The largest absolute Gasteiger partial charge is 0.282 e. The molecule has 0 bridgehead atoms. The van der Waals surface area contributed by atoms with Crippen molar-refractivity contribution in [3.05, 3.63) is 36.9 Å². The minimum absolute atomic E-state index is 0.611. The van der Waals surface area contributed by atoms with Crippen molar-refractivity contribution in [2.24, 2.45) is 5.84 Å². The van der Waals surface area contributed by atoms with Gasteiger partial charge in [-0.1, -0.05) is 29.5 Å². The molecule has 0 atom stereocenters. The van der Waals surface area contributed by atoms with Crippen molar-refractivity contribution >= 4 is 26.7 Å². The molecule has 3 nitrogen and oxygen atoms in total. The predicted molar refractivity (Wildman–Crippen MR) is 61.4 cm³/mol. The normalized spacial score (nSPS) is 10.4. The average molecular weight is 205 g/mol. The smallest absolute Gasteiger partial charge is 0.201 e. The molecule has 0 fully saturated rings. The van der Waals surface area contributed by atoms with E-state index in [0.717, 1.165) is 15.3 Å². The van der Waals surface area contributed by atoms with Gasteiger partial charge in [-0.25, -0.2) is 10.8 Å². The maximum Gasteiger partial charge on any atom is 0.201 e. The summed E-state index contributed by atoms with van der Waals surface area (Å²) in [6.45, 7) is 4.25. The molecular weight excluding hydrogens is 194 g/mol. The van der Waals surface area contributed by atoms with Gasteiger partial charge in [-0.05, 0) is 12.1 Å². The molecule has 0 amide bonds. The number of fused-ring (bicyclic) bond motifs is 1. The van der Waals surface area contributed by atoms with Crippen molar-refractivity contribution in [1.29, 1.82) is 0 Å². The fraction of sp³-hybridized carbons (Fsp3) is 0.100. The van der Waals surface area contributed by atoms with E-state index in [9.17, 15) is 0 Å². The molecule has 0 radical (unpaired) electrons. The lowest BCUT2D eigenvalue weighted by Crippen LogP contribution is -2.30. The number of para-hydroxylation sites is 1. The number of benzene rings is 1. The Morgan fingerprint density at radius 3 is 3.00 bits per heavy atom. The van der Waals surface area contributed by atoms with Crippen LogP contribution in [0.2, 0.25) is 0 Å². The second kappa shape index (κ2) is 3.77. The average Bonchev–Trinajstić information content (AvgIpc) is 2.61. The molecule has 0 unspecified atom stereocenters. The summed E-state index contributed by atoms with van der Waals surface area (Å²) in [5.74, 6) is 5.78. The monoisotopic (exact) mass is 205 g/mol. The Labute approximate surface area is 86.4 Å². The molecule has 2 aromatic rings. The number of hydrogen-bond acceptors (Lipinski definition) is 4. The molecule has 0 aliphatic rings. The van der Waals surface area contributed by atoms with E-state index in [1.807, 2.05) is 24.3 Å². The van der Waals surface area contributed by atoms with Crippen molar-refractivity contribution in [1.82, 2.24) is 4.98 Å². The Hall–Kier alpha value is -1.39. The molecule has 1 aromatic heterocycles. The molecule has 1 aromatic carbocycles. The summed E-state index contributed by atoms with van der Waals surface area (Å²) in [6, 6.07) is 7.99. The first-order valence-electron chi connectivity index (χ1n) is 4.30. The fourth-order valence-corrected chi connectivity index (χ4v) is 2.10. The second-order valence-electron chi connectivity index (χ2n) is 2.91. The van der Waals surface area contributed by atoms with Crippen LogP contribution >= 0.6 is 11.3 Å². The van der Waals surface area contributed by atoms with Crippen LogP contribution in [-0.2, 0) is 0 Å². The number of rotatable bonds is 3. The van der Waals surface area contributed by atoms with Gasteiger partial charge in [0, 0.05) is 0 Å². The van der Waals surface area contributed by atoms with Gasteiger partial charge in [-0.15, -0.1) is 6.58 Å². The van der Waals surface area contributed by atoms with Crippen molar-refractivity contribution in [3.8, 4) is 0 Å². The Balaban J connectivity index is 2.39. The van der Waals surface area contributed by atoms with Crippen molar-refractivity contribution in [3.63, 3.8) is 0 Å². The topological polar surface area (TPSA) is 42.1 Å². The Bertz CT molecular complexity index is 416. The molecule has 2 N–H and O–H groups in total. The fourth-order valence-electron chi connectivity index (χ4n) is 1.20. The van der Waals surface area contributed by atoms with E-state index < -0.39 is 0 Å². The highest BCUT2D eigenvalue weighted by molar-refractivity contribution is 7.22. The summed E-state index contributed by atoms with van der Waals surface area (Å²) in [5, 5.41) is 2.42. The maximum atomic E-state index is 5.78. The molecule has 14 heavy (non-hydrogen) atoms. The molecule has 0 aliphatic heterocycles. The first-order valence-corrected chi connectivity index (χ1v) is 5.11. The van der Waals surface area contributed by atoms with E-state index in [-0.39, 0.29) is 0 Å². The molecule has 0 spiro atoms. The van der Waals surface area contributed by atoms with Crippen LogP contribution in [0.3, 0.4) is 0 Å². The summed E-state index contributed by atoms with van der Waals surface area (Å²) in [5.41, 5.74) is 0.993. The number of nitrogens with two attached hydrogens (primary N) is 1. The van der Waals surface area contributed by atoms with Gasteiger partial charge in [-0.2, -0.15) is 0 Å². The number of aromatic nitrogens is 1. The molecule has 1 heterocycles. The van der Waals surface area contributed by atoms with Crippen LogP contribution in [0.1, 0.15) is 0 Å². The van der Waals surface area contributed by atoms with E-state index >= 15 is 0 Å². The van der Waals surface area contributed by atoms with E-state index in [0.29, 0.717) is 6.54 Å². The molecule has 0 aliphatic carbocycles. The van der Waals surface area contributed by atoms with Crippen molar-refractivity contribution in [2.45, 2.75) is 0 Å². The van der Waals surface area contributed by atoms with E-state index in [4.69, 9.17) is 5.84 Å². The number of hydrogen-bond donors (Lipinski definition) is 1. The number of anilines is 1. The van der Waals surface area contributed by atoms with Gasteiger partial charge in [0.05, 0.1) is 16.8 Å². The van der Waals surface area contributed by atoms with Crippen LogP contribution in [-0.4, -0.2) is 11.5 Å². The highest BCUT2D eigenvalue weighted by atomic mass is 32.1. The Morgan fingerprint density at radius 2 is 2.29 bits per heavy atom. The van der Waals surface area contributed by atoms with Gasteiger partial charge >= 0.3 is 0 Å². The minimum Gasteiger partial charge on any atom is -0.282 e. The van der Waals surface area contributed by atoms with Crippen LogP contribution in [0.15, 0.2) is 36.9 Å². The van der Waals surface area contributed by atoms with E-state index in [2.05, 4.69) is 11.6 Å². The zero-order valence-electron chi connectivity index (χ0n) is 7.68. The van der Waals surface area contributed by atoms with Crippen molar-refractivity contribution < 1.29 is 0 Å². The van der Waals surface area contributed by atoms with Crippen molar-refractivity contribution in [2.75, 3.05) is 11.6 Å². The summed E-state index contributed by atoms with van der Waals surface area (Å²) in [7, 11) is 0. The highest BCUT2D eigenvalue weighted by Crippen LogP contribution is 2.26. The van der Waals surface area contributed by atoms with Gasteiger partial charge in [0.25, 0.3) is 0 Å². The van der Waals surface area contributed by atoms with Crippen LogP contribution in [0.25, 0.3) is 10.2 Å². The third-order valence-electron chi connectivity index (χ3n) is 1.85. The summed E-state index contributed by atoms with van der Waals surface area (Å²) < 4.78 is 1.15. The van der Waals surface area contributed by atoms with Gasteiger partial charge in [0.1, 0.15) is 0 Å². The number of nitrogens with zero attached hydrogens (tertiary/aromatic N) is 2. The quantitative estimate of drug-likeness (QED) is 0.474. The van der Waals surface area contributed by atoms with Crippen LogP contribution < -0.4 is 10.9 Å². The van der Waals surface area contributed by atoms with Gasteiger partial charge < -0.3 is 0 Å². The Kier molecular flexibility index (Phi) is 2.47. The number of hydrazine groups is 1. The summed E-state index contributed by atoms with van der Waals surface area (Å²) in [6.07, 6.45) is 1.76.